The van der Waals surface area contributed by atoms with Gasteiger partial charge in [-0.05, 0) is 31.2 Å². The van der Waals surface area contributed by atoms with Crippen LogP contribution in [0.1, 0.15) is 18.2 Å². The molecule has 1 aliphatic heterocycles. The van der Waals surface area contributed by atoms with Gasteiger partial charge in [-0.25, -0.2) is 4.79 Å². The van der Waals surface area contributed by atoms with Crippen LogP contribution in [0, 0.1) is 0 Å². The van der Waals surface area contributed by atoms with E-state index >= 15 is 0 Å². The van der Waals surface area contributed by atoms with Crippen molar-refractivity contribution in [2.75, 3.05) is 25.2 Å². The molecule has 0 radical (unpaired) electrons. The number of thioether (sulfide) groups is 1. The number of carbonyl (C=O) groups excluding carboxylic acids is 1. The van der Waals surface area contributed by atoms with Crippen molar-refractivity contribution in [3.05, 3.63) is 35.5 Å². The lowest BCUT2D eigenvalue weighted by Crippen LogP contribution is -2.55. The van der Waals surface area contributed by atoms with Crippen molar-refractivity contribution in [1.82, 2.24) is 10.3 Å². The second-order valence-corrected chi connectivity index (χ2v) is 6.13. The van der Waals surface area contributed by atoms with Gasteiger partial charge in [0, 0.05) is 23.2 Å². The summed E-state index contributed by atoms with van der Waals surface area (Å²) in [4.78, 5) is 16.1. The van der Waals surface area contributed by atoms with Crippen molar-refractivity contribution in [2.24, 2.45) is 0 Å². The predicted octanol–water partition coefficient (Wildman–Crippen LogP) is 2.44. The molecule has 5 heteroatoms. The summed E-state index contributed by atoms with van der Waals surface area (Å²) in [5.41, 5.74) is 2.54. The number of hydrogen-bond donors (Lipinski definition) is 2. The third kappa shape index (κ3) is 2.24. The van der Waals surface area contributed by atoms with Gasteiger partial charge in [0.25, 0.3) is 0 Å². The topological polar surface area (TPSA) is 54.1 Å². The Kier molecular flexibility index (Phi) is 3.95. The molecule has 0 fully saturated rings. The molecule has 1 aromatic heterocycles. The number of esters is 1. The Labute approximate surface area is 128 Å². The van der Waals surface area contributed by atoms with Crippen molar-refractivity contribution in [1.29, 1.82) is 0 Å². The van der Waals surface area contributed by atoms with Crippen molar-refractivity contribution in [3.63, 3.8) is 0 Å². The highest BCUT2D eigenvalue weighted by Crippen LogP contribution is 2.36. The number of rotatable bonds is 4. The standard InChI is InChI=1S/C16H20N2O2S/c1-3-20-15(19)16(10-21-2)14-12(8-9-17-16)11-6-4-5-7-13(11)18-14/h4-7,17-18H,3,8-10H2,1-2H3/t16-/m0/s1. The Morgan fingerprint density at radius 3 is 3.00 bits per heavy atom. The molecule has 1 aliphatic rings. The lowest BCUT2D eigenvalue weighted by molar-refractivity contribution is -0.151. The second kappa shape index (κ2) is 5.73. The molecule has 112 valence electrons. The molecule has 2 aromatic rings. The van der Waals surface area contributed by atoms with Crippen LogP contribution in [0.5, 0.6) is 0 Å². The van der Waals surface area contributed by atoms with Crippen LogP contribution in [0.15, 0.2) is 24.3 Å². The molecule has 3 rings (SSSR count). The van der Waals surface area contributed by atoms with Crippen molar-refractivity contribution < 1.29 is 9.53 Å². The monoisotopic (exact) mass is 304 g/mol. The summed E-state index contributed by atoms with van der Waals surface area (Å²) in [7, 11) is 0. The van der Waals surface area contributed by atoms with Gasteiger partial charge in [-0.1, -0.05) is 18.2 Å². The van der Waals surface area contributed by atoms with E-state index in [-0.39, 0.29) is 5.97 Å². The van der Waals surface area contributed by atoms with Gasteiger partial charge in [0.2, 0.25) is 0 Å². The molecule has 0 saturated carbocycles. The number of aromatic amines is 1. The van der Waals surface area contributed by atoms with Crippen LogP contribution in [-0.2, 0) is 21.5 Å². The van der Waals surface area contributed by atoms with E-state index in [2.05, 4.69) is 22.4 Å². The van der Waals surface area contributed by atoms with Gasteiger partial charge in [0.1, 0.15) is 0 Å². The predicted molar refractivity (Wildman–Crippen MR) is 86.7 cm³/mol. The number of aromatic nitrogens is 1. The quantitative estimate of drug-likeness (QED) is 0.852. The molecule has 1 atom stereocenters. The molecule has 0 unspecified atom stereocenters. The third-order valence-corrected chi connectivity index (χ3v) is 4.75. The largest absolute Gasteiger partial charge is 0.464 e. The number of ether oxygens (including phenoxy) is 1. The van der Waals surface area contributed by atoms with Crippen LogP contribution in [-0.4, -0.2) is 36.1 Å². The minimum Gasteiger partial charge on any atom is -0.464 e. The first-order valence-corrected chi connectivity index (χ1v) is 8.63. The maximum atomic E-state index is 12.6. The van der Waals surface area contributed by atoms with Gasteiger partial charge >= 0.3 is 5.97 Å². The lowest BCUT2D eigenvalue weighted by atomic mass is 9.88. The molecule has 1 aromatic carbocycles. The number of para-hydroxylation sites is 1. The number of hydrogen-bond acceptors (Lipinski definition) is 4. The molecular weight excluding hydrogens is 284 g/mol. The smallest absolute Gasteiger partial charge is 0.333 e. The van der Waals surface area contributed by atoms with Crippen LogP contribution in [0.25, 0.3) is 10.9 Å². The fourth-order valence-corrected chi connectivity index (χ4v) is 3.94. The summed E-state index contributed by atoms with van der Waals surface area (Å²) in [5, 5.41) is 4.62. The zero-order valence-electron chi connectivity index (χ0n) is 12.4. The van der Waals surface area contributed by atoms with Crippen molar-refractivity contribution in [2.45, 2.75) is 18.9 Å². The fraction of sp³-hybridized carbons (Fsp3) is 0.438. The second-order valence-electron chi connectivity index (χ2n) is 5.26. The molecule has 0 spiro atoms. The molecule has 0 aliphatic carbocycles. The van der Waals surface area contributed by atoms with Crippen LogP contribution in [0.3, 0.4) is 0 Å². The summed E-state index contributed by atoms with van der Waals surface area (Å²) >= 11 is 1.65. The van der Waals surface area contributed by atoms with E-state index in [0.29, 0.717) is 12.4 Å². The van der Waals surface area contributed by atoms with Gasteiger partial charge in [0.05, 0.1) is 12.3 Å². The molecule has 0 bridgehead atoms. The number of fused-ring (bicyclic) bond motifs is 3. The molecule has 21 heavy (non-hydrogen) atoms. The molecule has 0 saturated heterocycles. The van der Waals surface area contributed by atoms with Crippen molar-refractivity contribution in [3.8, 4) is 0 Å². The zero-order chi connectivity index (χ0) is 14.9. The van der Waals surface area contributed by atoms with E-state index in [0.717, 1.165) is 24.2 Å². The van der Waals surface area contributed by atoms with Crippen LogP contribution < -0.4 is 5.32 Å². The third-order valence-electron chi connectivity index (χ3n) is 4.03. The number of H-pyrrole nitrogens is 1. The van der Waals surface area contributed by atoms with E-state index in [9.17, 15) is 4.79 Å². The minimum atomic E-state index is -0.762. The Morgan fingerprint density at radius 1 is 1.43 bits per heavy atom. The highest BCUT2D eigenvalue weighted by atomic mass is 32.2. The molecule has 2 N–H and O–H groups in total. The van der Waals surface area contributed by atoms with Gasteiger partial charge in [-0.3, -0.25) is 5.32 Å². The minimum absolute atomic E-state index is 0.188. The zero-order valence-corrected chi connectivity index (χ0v) is 13.2. The summed E-state index contributed by atoms with van der Waals surface area (Å²) < 4.78 is 5.36. The van der Waals surface area contributed by atoms with Gasteiger partial charge in [0.15, 0.2) is 5.54 Å². The van der Waals surface area contributed by atoms with E-state index in [1.807, 2.05) is 25.3 Å². The molecule has 4 nitrogen and oxygen atoms in total. The van der Waals surface area contributed by atoms with E-state index in [4.69, 9.17) is 4.74 Å². The summed E-state index contributed by atoms with van der Waals surface area (Å²) in [5.74, 6) is 0.470. The Morgan fingerprint density at radius 2 is 2.24 bits per heavy atom. The Hall–Kier alpha value is -1.46. The maximum absolute atomic E-state index is 12.6. The van der Waals surface area contributed by atoms with Gasteiger partial charge < -0.3 is 9.72 Å². The number of benzene rings is 1. The van der Waals surface area contributed by atoms with E-state index in [1.54, 1.807) is 11.8 Å². The molecule has 2 heterocycles. The Balaban J connectivity index is 2.18. The van der Waals surface area contributed by atoms with E-state index < -0.39 is 5.54 Å². The van der Waals surface area contributed by atoms with Crippen LogP contribution in [0.4, 0.5) is 0 Å². The first-order valence-electron chi connectivity index (χ1n) is 7.24. The summed E-state index contributed by atoms with van der Waals surface area (Å²) in [6.45, 7) is 3.03. The molecular formula is C16H20N2O2S. The maximum Gasteiger partial charge on any atom is 0.333 e. The van der Waals surface area contributed by atoms with E-state index in [1.165, 1.54) is 10.9 Å². The summed E-state index contributed by atoms with van der Waals surface area (Å²) in [6, 6.07) is 8.23. The highest BCUT2D eigenvalue weighted by molar-refractivity contribution is 7.98. The Bertz CT molecular complexity index is 667. The first-order chi connectivity index (χ1) is 10.2. The number of carbonyl (C=O) groups is 1. The molecule has 0 amide bonds. The van der Waals surface area contributed by atoms with Gasteiger partial charge in [-0.2, -0.15) is 11.8 Å². The van der Waals surface area contributed by atoms with Crippen LogP contribution >= 0.6 is 11.8 Å². The highest BCUT2D eigenvalue weighted by Gasteiger charge is 2.46. The summed E-state index contributed by atoms with van der Waals surface area (Å²) in [6.07, 6.45) is 2.94. The first kappa shape index (κ1) is 14.5. The average molecular weight is 304 g/mol. The van der Waals surface area contributed by atoms with Gasteiger partial charge in [-0.15, -0.1) is 0 Å². The lowest BCUT2D eigenvalue weighted by Gasteiger charge is -2.35. The normalized spacial score (nSPS) is 21.2. The number of nitrogens with one attached hydrogen (secondary N) is 2. The van der Waals surface area contributed by atoms with Crippen molar-refractivity contribution >= 4 is 28.6 Å². The van der Waals surface area contributed by atoms with Crippen LogP contribution in [0.2, 0.25) is 0 Å². The SMILES string of the molecule is CCOC(=O)[C@@]1(CSC)NCCc2c1[nH]c1ccccc21. The fourth-order valence-electron chi connectivity index (χ4n) is 3.14. The average Bonchev–Trinajstić information content (AvgIpc) is 2.88.